The van der Waals surface area contributed by atoms with Crippen molar-refractivity contribution >= 4 is 28.3 Å². The van der Waals surface area contributed by atoms with Crippen LogP contribution in [-0.4, -0.2) is 29.0 Å². The summed E-state index contributed by atoms with van der Waals surface area (Å²) >= 11 is 0. The van der Waals surface area contributed by atoms with Crippen molar-refractivity contribution < 1.29 is 4.79 Å². The minimum atomic E-state index is -0.250. The molecule has 1 atom stereocenters. The Kier molecular flexibility index (Phi) is 2.70. The quantitative estimate of drug-likeness (QED) is 0.764. The number of nitrogen functional groups attached to an aromatic ring is 1. The number of aromatic nitrogens is 2. The van der Waals surface area contributed by atoms with Crippen molar-refractivity contribution in [3.8, 4) is 0 Å². The van der Waals surface area contributed by atoms with Gasteiger partial charge >= 0.3 is 0 Å². The van der Waals surface area contributed by atoms with E-state index in [1.807, 2.05) is 18.2 Å². The number of amides is 1. The lowest BCUT2D eigenvalue weighted by Crippen LogP contribution is -2.27. The predicted molar refractivity (Wildman–Crippen MR) is 73.5 cm³/mol. The van der Waals surface area contributed by atoms with E-state index in [-0.39, 0.29) is 11.8 Å². The van der Waals surface area contributed by atoms with Crippen molar-refractivity contribution in [2.75, 3.05) is 23.7 Å². The van der Waals surface area contributed by atoms with Crippen LogP contribution in [0.4, 0.5) is 11.5 Å². The molecule has 1 amide bonds. The smallest absolute Gasteiger partial charge is 0.222 e. The first-order valence-corrected chi connectivity index (χ1v) is 6.19. The van der Waals surface area contributed by atoms with Crippen molar-refractivity contribution in [3.63, 3.8) is 0 Å². The zero-order valence-electron chi connectivity index (χ0n) is 10.4. The van der Waals surface area contributed by atoms with E-state index in [1.54, 1.807) is 0 Å². The van der Waals surface area contributed by atoms with Crippen LogP contribution in [0.5, 0.6) is 0 Å². The summed E-state index contributed by atoms with van der Waals surface area (Å²) in [6, 6.07) is 5.55. The molecule has 0 radical (unpaired) electrons. The summed E-state index contributed by atoms with van der Waals surface area (Å²) in [7, 11) is 0. The van der Waals surface area contributed by atoms with E-state index in [2.05, 4.69) is 14.9 Å². The van der Waals surface area contributed by atoms with Gasteiger partial charge in [-0.2, -0.15) is 0 Å². The Labute approximate surface area is 110 Å². The van der Waals surface area contributed by atoms with Gasteiger partial charge in [0.1, 0.15) is 12.1 Å². The second-order valence-corrected chi connectivity index (χ2v) is 4.81. The van der Waals surface area contributed by atoms with Gasteiger partial charge in [0.05, 0.1) is 11.4 Å². The molecular formula is C13H15N5O. The molecule has 1 unspecified atom stereocenters. The first-order valence-electron chi connectivity index (χ1n) is 6.19. The molecule has 1 fully saturated rings. The van der Waals surface area contributed by atoms with Gasteiger partial charge in [-0.15, -0.1) is 0 Å². The molecule has 2 heterocycles. The van der Waals surface area contributed by atoms with Gasteiger partial charge in [-0.3, -0.25) is 4.79 Å². The van der Waals surface area contributed by atoms with Gasteiger partial charge in [0.25, 0.3) is 0 Å². The minimum Gasteiger partial charge on any atom is -0.399 e. The molecule has 0 aliphatic carbocycles. The van der Waals surface area contributed by atoms with E-state index in [0.29, 0.717) is 12.2 Å². The average Bonchev–Trinajstić information content (AvgIpc) is 2.87. The molecule has 3 rings (SSSR count). The van der Waals surface area contributed by atoms with Crippen LogP contribution < -0.4 is 16.4 Å². The first kappa shape index (κ1) is 11.7. The topological polar surface area (TPSA) is 98.1 Å². The maximum atomic E-state index is 11.2. The Morgan fingerprint density at radius 2 is 2.21 bits per heavy atom. The highest BCUT2D eigenvalue weighted by atomic mass is 16.1. The lowest BCUT2D eigenvalue weighted by molar-refractivity contribution is -0.121. The SMILES string of the molecule is NC(=O)C1CCN(c2ncnc3ccc(N)cc23)C1. The van der Waals surface area contributed by atoms with Gasteiger partial charge in [-0.1, -0.05) is 0 Å². The van der Waals surface area contributed by atoms with Gasteiger partial charge in [0.2, 0.25) is 5.91 Å². The lowest BCUT2D eigenvalue weighted by Gasteiger charge is -2.18. The zero-order valence-corrected chi connectivity index (χ0v) is 10.4. The Morgan fingerprint density at radius 3 is 2.95 bits per heavy atom. The Bertz CT molecular complexity index is 642. The van der Waals surface area contributed by atoms with Crippen molar-refractivity contribution in [1.29, 1.82) is 0 Å². The number of primary amides is 1. The molecule has 2 aromatic rings. The summed E-state index contributed by atoms with van der Waals surface area (Å²) in [4.78, 5) is 21.9. The molecule has 0 bridgehead atoms. The van der Waals surface area contributed by atoms with Crippen LogP contribution in [-0.2, 0) is 4.79 Å². The average molecular weight is 257 g/mol. The first-order chi connectivity index (χ1) is 9.15. The Balaban J connectivity index is 2.01. The number of benzene rings is 1. The third-order valence-electron chi connectivity index (χ3n) is 3.53. The molecule has 6 nitrogen and oxygen atoms in total. The number of anilines is 2. The van der Waals surface area contributed by atoms with E-state index in [4.69, 9.17) is 11.5 Å². The van der Waals surface area contributed by atoms with Gasteiger partial charge in [0, 0.05) is 24.2 Å². The van der Waals surface area contributed by atoms with Gasteiger partial charge in [-0.05, 0) is 24.6 Å². The normalized spacial score (nSPS) is 18.9. The second kappa shape index (κ2) is 4.38. The van der Waals surface area contributed by atoms with E-state index in [1.165, 1.54) is 6.33 Å². The largest absolute Gasteiger partial charge is 0.399 e. The minimum absolute atomic E-state index is 0.105. The fourth-order valence-electron chi connectivity index (χ4n) is 2.50. The number of rotatable bonds is 2. The molecule has 1 aromatic carbocycles. The van der Waals surface area contributed by atoms with Crippen molar-refractivity contribution in [2.24, 2.45) is 11.7 Å². The maximum absolute atomic E-state index is 11.2. The van der Waals surface area contributed by atoms with Crippen LogP contribution in [0.25, 0.3) is 10.9 Å². The van der Waals surface area contributed by atoms with Crippen molar-refractivity contribution in [2.45, 2.75) is 6.42 Å². The number of hydrogen-bond acceptors (Lipinski definition) is 5. The maximum Gasteiger partial charge on any atom is 0.222 e. The molecule has 1 aromatic heterocycles. The number of carbonyl (C=O) groups is 1. The second-order valence-electron chi connectivity index (χ2n) is 4.81. The zero-order chi connectivity index (χ0) is 13.4. The predicted octanol–water partition coefficient (Wildman–Crippen LogP) is 0.524. The van der Waals surface area contributed by atoms with E-state index in [0.717, 1.165) is 29.7 Å². The third kappa shape index (κ3) is 2.05. The molecule has 0 spiro atoms. The highest BCUT2D eigenvalue weighted by molar-refractivity contribution is 5.92. The molecule has 1 aliphatic rings. The molecule has 0 saturated carbocycles. The standard InChI is InChI=1S/C13H15N5O/c14-9-1-2-11-10(5-9)13(17-7-16-11)18-4-3-8(6-18)12(15)19/h1-2,5,7-8H,3-4,6,14H2,(H2,15,19). The van der Waals surface area contributed by atoms with Crippen LogP contribution in [0, 0.1) is 5.92 Å². The summed E-state index contributed by atoms with van der Waals surface area (Å²) < 4.78 is 0. The van der Waals surface area contributed by atoms with Gasteiger partial charge in [-0.25, -0.2) is 9.97 Å². The van der Waals surface area contributed by atoms with Crippen LogP contribution >= 0.6 is 0 Å². The van der Waals surface area contributed by atoms with Crippen molar-refractivity contribution in [1.82, 2.24) is 9.97 Å². The van der Waals surface area contributed by atoms with Crippen LogP contribution in [0.3, 0.4) is 0 Å². The molecular weight excluding hydrogens is 242 g/mol. The fraction of sp³-hybridized carbons (Fsp3) is 0.308. The summed E-state index contributed by atoms with van der Waals surface area (Å²) in [5, 5.41) is 0.910. The molecule has 6 heteroatoms. The van der Waals surface area contributed by atoms with Crippen LogP contribution in [0.15, 0.2) is 24.5 Å². The number of fused-ring (bicyclic) bond motifs is 1. The van der Waals surface area contributed by atoms with E-state index in [9.17, 15) is 4.79 Å². The molecule has 1 saturated heterocycles. The van der Waals surface area contributed by atoms with Crippen LogP contribution in [0.2, 0.25) is 0 Å². The summed E-state index contributed by atoms with van der Waals surface area (Å²) in [6.07, 6.45) is 2.30. The summed E-state index contributed by atoms with van der Waals surface area (Å²) in [6.45, 7) is 1.38. The number of carbonyl (C=O) groups excluding carboxylic acids is 1. The van der Waals surface area contributed by atoms with Gasteiger partial charge < -0.3 is 16.4 Å². The van der Waals surface area contributed by atoms with Crippen molar-refractivity contribution in [3.05, 3.63) is 24.5 Å². The molecule has 4 N–H and O–H groups in total. The van der Waals surface area contributed by atoms with Gasteiger partial charge in [0.15, 0.2) is 0 Å². The monoisotopic (exact) mass is 257 g/mol. The molecule has 98 valence electrons. The van der Waals surface area contributed by atoms with E-state index >= 15 is 0 Å². The highest BCUT2D eigenvalue weighted by Gasteiger charge is 2.28. The fourth-order valence-corrected chi connectivity index (χ4v) is 2.50. The highest BCUT2D eigenvalue weighted by Crippen LogP contribution is 2.28. The Hall–Kier alpha value is -2.37. The summed E-state index contributed by atoms with van der Waals surface area (Å²) in [5.74, 6) is 0.465. The number of nitrogens with zero attached hydrogens (tertiary/aromatic N) is 3. The number of nitrogens with two attached hydrogens (primary N) is 2. The van der Waals surface area contributed by atoms with E-state index < -0.39 is 0 Å². The molecule has 19 heavy (non-hydrogen) atoms. The lowest BCUT2D eigenvalue weighted by atomic mass is 10.1. The Morgan fingerprint density at radius 1 is 1.37 bits per heavy atom. The molecule has 1 aliphatic heterocycles. The van der Waals surface area contributed by atoms with Crippen LogP contribution in [0.1, 0.15) is 6.42 Å². The number of hydrogen-bond donors (Lipinski definition) is 2. The summed E-state index contributed by atoms with van der Waals surface area (Å²) in [5.41, 5.74) is 12.7. The third-order valence-corrected chi connectivity index (χ3v) is 3.53.